The molecule has 7 nitrogen and oxygen atoms in total. The first-order valence-electron chi connectivity index (χ1n) is 8.48. The Balaban J connectivity index is 2.11. The largest absolute Gasteiger partial charge is 0.573 e. The summed E-state index contributed by atoms with van der Waals surface area (Å²) in [6.45, 7) is -0.200. The molecule has 0 aliphatic rings. The third-order valence-corrected chi connectivity index (χ3v) is 4.14. The van der Waals surface area contributed by atoms with Crippen LogP contribution in [-0.2, 0) is 13.0 Å². The average molecular weight is 407 g/mol. The maximum absolute atomic E-state index is 12.4. The van der Waals surface area contributed by atoms with Crippen LogP contribution in [0.1, 0.15) is 11.1 Å². The number of hydrogen-bond donors (Lipinski definition) is 3. The smallest absolute Gasteiger partial charge is 0.465 e. The highest BCUT2D eigenvalue weighted by molar-refractivity contribution is 5.94. The maximum Gasteiger partial charge on any atom is 0.573 e. The average Bonchev–Trinajstić information content (AvgIpc) is 2.67. The molecule has 0 fully saturated rings. The number of hydrogen-bond acceptors (Lipinski definition) is 5. The summed E-state index contributed by atoms with van der Waals surface area (Å²) >= 11 is 0. The molecule has 0 atom stereocenters. The molecule has 1 aromatic heterocycles. The van der Waals surface area contributed by atoms with Crippen LogP contribution in [0.3, 0.4) is 0 Å². The standard InChI is InChI=1S/C19H16F3N3O4/c20-19(21,22)29-13-3-1-11(2-4-13)15-9-12(10-25-18(27)28)14(5-8-26)16-17(15)24-7-6-23-16/h1-4,6-7,9,25-26H,5,8,10H2,(H,27,28). The molecule has 1 amide bonds. The first-order valence-corrected chi connectivity index (χ1v) is 8.48. The molecular weight excluding hydrogens is 391 g/mol. The third kappa shape index (κ3) is 4.91. The number of ether oxygens (including phenoxy) is 1. The van der Waals surface area contributed by atoms with Gasteiger partial charge >= 0.3 is 12.5 Å². The van der Waals surface area contributed by atoms with Gasteiger partial charge in [0.2, 0.25) is 0 Å². The van der Waals surface area contributed by atoms with Crippen LogP contribution < -0.4 is 10.1 Å². The number of aromatic nitrogens is 2. The van der Waals surface area contributed by atoms with Gasteiger partial charge in [-0.15, -0.1) is 13.2 Å². The number of rotatable bonds is 6. The minimum absolute atomic E-state index is 0.0283. The molecule has 10 heteroatoms. The molecule has 152 valence electrons. The van der Waals surface area contributed by atoms with Gasteiger partial charge in [0.1, 0.15) is 5.75 Å². The quantitative estimate of drug-likeness (QED) is 0.578. The van der Waals surface area contributed by atoms with Crippen molar-refractivity contribution in [2.75, 3.05) is 6.61 Å². The molecule has 3 rings (SSSR count). The van der Waals surface area contributed by atoms with Crippen LogP contribution in [0.4, 0.5) is 18.0 Å². The summed E-state index contributed by atoms with van der Waals surface area (Å²) in [5, 5.41) is 20.6. The molecule has 0 aliphatic heterocycles. The number of amides is 1. The molecule has 0 saturated heterocycles. The highest BCUT2D eigenvalue weighted by Crippen LogP contribution is 2.33. The van der Waals surface area contributed by atoms with Crippen LogP contribution in [0.2, 0.25) is 0 Å². The van der Waals surface area contributed by atoms with Gasteiger partial charge < -0.3 is 20.3 Å². The lowest BCUT2D eigenvalue weighted by molar-refractivity contribution is -0.274. The fraction of sp³-hybridized carbons (Fsp3) is 0.211. The molecule has 1 heterocycles. The van der Waals surface area contributed by atoms with Crippen molar-refractivity contribution in [1.29, 1.82) is 0 Å². The van der Waals surface area contributed by atoms with E-state index in [0.717, 1.165) is 0 Å². The molecule has 3 aromatic rings. The second kappa shape index (κ2) is 8.31. The van der Waals surface area contributed by atoms with E-state index in [-0.39, 0.29) is 25.3 Å². The number of nitrogens with zero attached hydrogens (tertiary/aromatic N) is 2. The molecule has 0 saturated carbocycles. The van der Waals surface area contributed by atoms with Gasteiger partial charge in [0, 0.05) is 31.1 Å². The first-order chi connectivity index (χ1) is 13.8. The molecule has 2 aromatic carbocycles. The predicted octanol–water partition coefficient (Wildman–Crippen LogP) is 3.50. The summed E-state index contributed by atoms with van der Waals surface area (Å²) in [5.41, 5.74) is 3.31. The van der Waals surface area contributed by atoms with Crippen LogP contribution in [-0.4, -0.2) is 39.2 Å². The van der Waals surface area contributed by atoms with Crippen molar-refractivity contribution >= 4 is 17.1 Å². The number of carbonyl (C=O) groups is 1. The number of benzene rings is 2. The Bertz CT molecular complexity index is 1020. The zero-order valence-corrected chi connectivity index (χ0v) is 14.9. The summed E-state index contributed by atoms with van der Waals surface area (Å²) in [4.78, 5) is 19.6. The number of halogens is 3. The monoisotopic (exact) mass is 407 g/mol. The van der Waals surface area contributed by atoms with Crippen molar-refractivity contribution in [1.82, 2.24) is 15.3 Å². The van der Waals surface area contributed by atoms with Gasteiger partial charge in [-0.2, -0.15) is 0 Å². The second-order valence-corrected chi connectivity index (χ2v) is 6.02. The Hall–Kier alpha value is -3.40. The lowest BCUT2D eigenvalue weighted by Gasteiger charge is -2.16. The molecule has 0 bridgehead atoms. The molecule has 29 heavy (non-hydrogen) atoms. The lowest BCUT2D eigenvalue weighted by atomic mass is 9.94. The van der Waals surface area contributed by atoms with Gasteiger partial charge in [0.15, 0.2) is 0 Å². The van der Waals surface area contributed by atoms with Crippen molar-refractivity contribution in [3.05, 3.63) is 53.9 Å². The summed E-state index contributed by atoms with van der Waals surface area (Å²) < 4.78 is 41.0. The van der Waals surface area contributed by atoms with Crippen molar-refractivity contribution in [3.8, 4) is 16.9 Å². The number of alkyl halides is 3. The minimum atomic E-state index is -4.79. The van der Waals surface area contributed by atoms with Gasteiger partial charge in [-0.25, -0.2) is 4.79 Å². The van der Waals surface area contributed by atoms with Gasteiger partial charge in [0.25, 0.3) is 0 Å². The zero-order chi connectivity index (χ0) is 21.0. The van der Waals surface area contributed by atoms with Crippen molar-refractivity contribution in [2.45, 2.75) is 19.3 Å². The first kappa shape index (κ1) is 20.3. The fourth-order valence-corrected chi connectivity index (χ4v) is 3.01. The highest BCUT2D eigenvalue weighted by Gasteiger charge is 2.31. The Morgan fingerprint density at radius 3 is 2.34 bits per heavy atom. The van der Waals surface area contributed by atoms with Crippen molar-refractivity contribution < 1.29 is 32.9 Å². The highest BCUT2D eigenvalue weighted by atomic mass is 19.4. The van der Waals surface area contributed by atoms with Crippen LogP contribution in [0.15, 0.2) is 42.7 Å². The van der Waals surface area contributed by atoms with E-state index in [1.54, 1.807) is 6.07 Å². The third-order valence-electron chi connectivity index (χ3n) is 4.14. The summed E-state index contributed by atoms with van der Waals surface area (Å²) in [5.74, 6) is -0.360. The Kier molecular flexibility index (Phi) is 5.83. The fourth-order valence-electron chi connectivity index (χ4n) is 3.01. The number of aliphatic hydroxyl groups is 1. The van der Waals surface area contributed by atoms with E-state index in [0.29, 0.717) is 33.3 Å². The van der Waals surface area contributed by atoms with Crippen molar-refractivity contribution in [3.63, 3.8) is 0 Å². The van der Waals surface area contributed by atoms with Crippen molar-refractivity contribution in [2.24, 2.45) is 0 Å². The van der Waals surface area contributed by atoms with E-state index in [9.17, 15) is 23.1 Å². The molecule has 0 aliphatic carbocycles. The number of carboxylic acid groups (broad SMARTS) is 1. The maximum atomic E-state index is 12.4. The second-order valence-electron chi connectivity index (χ2n) is 6.02. The van der Waals surface area contributed by atoms with Crippen LogP contribution in [0.5, 0.6) is 5.75 Å². The number of aliphatic hydroxyl groups excluding tert-OH is 1. The van der Waals surface area contributed by atoms with Gasteiger partial charge in [-0.3, -0.25) is 9.97 Å². The minimum Gasteiger partial charge on any atom is -0.465 e. The normalized spacial score (nSPS) is 11.4. The van der Waals surface area contributed by atoms with E-state index in [2.05, 4.69) is 20.0 Å². The number of fused-ring (bicyclic) bond motifs is 1. The predicted molar refractivity (Wildman–Crippen MR) is 97.3 cm³/mol. The molecule has 0 spiro atoms. The van der Waals surface area contributed by atoms with Gasteiger partial charge in [0.05, 0.1) is 11.0 Å². The van der Waals surface area contributed by atoms with E-state index in [1.165, 1.54) is 36.7 Å². The summed E-state index contributed by atoms with van der Waals surface area (Å²) in [6, 6.07) is 6.95. The summed E-state index contributed by atoms with van der Waals surface area (Å²) in [6.07, 6.45) is -2.81. The van der Waals surface area contributed by atoms with E-state index < -0.39 is 12.5 Å². The Morgan fingerprint density at radius 2 is 1.76 bits per heavy atom. The van der Waals surface area contributed by atoms with E-state index in [1.807, 2.05) is 0 Å². The van der Waals surface area contributed by atoms with Gasteiger partial charge in [-0.05, 0) is 41.3 Å². The lowest BCUT2D eigenvalue weighted by Crippen LogP contribution is -2.21. The number of nitrogens with one attached hydrogen (secondary N) is 1. The summed E-state index contributed by atoms with van der Waals surface area (Å²) in [7, 11) is 0. The van der Waals surface area contributed by atoms with Crippen LogP contribution >= 0.6 is 0 Å². The van der Waals surface area contributed by atoms with E-state index in [4.69, 9.17) is 5.11 Å². The van der Waals surface area contributed by atoms with E-state index >= 15 is 0 Å². The van der Waals surface area contributed by atoms with Gasteiger partial charge in [-0.1, -0.05) is 12.1 Å². The molecule has 3 N–H and O–H groups in total. The van der Waals surface area contributed by atoms with Crippen LogP contribution in [0, 0.1) is 0 Å². The SMILES string of the molecule is O=C(O)NCc1cc(-c2ccc(OC(F)(F)F)cc2)c2nccnc2c1CCO. The zero-order valence-electron chi connectivity index (χ0n) is 14.9. The Labute approximate surface area is 162 Å². The molecule has 0 radical (unpaired) electrons. The molecular formula is C19H16F3N3O4. The Morgan fingerprint density at radius 1 is 1.10 bits per heavy atom. The topological polar surface area (TPSA) is 105 Å². The van der Waals surface area contributed by atoms with Crippen LogP contribution in [0.25, 0.3) is 22.2 Å². The molecule has 0 unspecified atom stereocenters.